The number of anilines is 2. The van der Waals surface area contributed by atoms with E-state index in [0.717, 1.165) is 107 Å². The number of piperazine rings is 1. The van der Waals surface area contributed by atoms with Crippen LogP contribution in [-0.2, 0) is 22.7 Å². The number of alkyl halides is 3. The number of benzene rings is 3. The van der Waals surface area contributed by atoms with Gasteiger partial charge < -0.3 is 19.5 Å². The summed E-state index contributed by atoms with van der Waals surface area (Å²) in [6.07, 6.45) is 2.44. The molecule has 4 aromatic rings. The van der Waals surface area contributed by atoms with Gasteiger partial charge in [-0.3, -0.25) is 24.7 Å². The van der Waals surface area contributed by atoms with E-state index in [-0.39, 0.29) is 29.8 Å². The fourth-order valence-electron chi connectivity index (χ4n) is 8.37. The van der Waals surface area contributed by atoms with Crippen LogP contribution in [0.5, 0.6) is 5.75 Å². The number of carbonyl (C=O) groups is 2. The zero-order chi connectivity index (χ0) is 39.4. The monoisotopic (exact) mass is 776 g/mol. The molecular weight excluding hydrogens is 725 g/mol. The van der Waals surface area contributed by atoms with Crippen LogP contribution in [0.4, 0.5) is 28.9 Å². The predicted octanol–water partition coefficient (Wildman–Crippen LogP) is 8.03. The van der Waals surface area contributed by atoms with Crippen LogP contribution in [0.15, 0.2) is 66.9 Å². The van der Waals surface area contributed by atoms with Crippen LogP contribution in [0.3, 0.4) is 0 Å². The van der Waals surface area contributed by atoms with Crippen molar-refractivity contribution in [3.63, 3.8) is 0 Å². The normalized spacial score (nSPS) is 19.2. The van der Waals surface area contributed by atoms with E-state index in [9.17, 15) is 22.8 Å². The summed E-state index contributed by atoms with van der Waals surface area (Å²) in [5.74, 6) is -0.00615. The standard InChI is InChI=1S/C43H52F4N6O3/c1-29(2)4-3-17-53-28-36(32-6-9-34(10-7-32)56-43(45,46)47)35-24-31(5-12-39(35)53)27-50-18-15-30(16-19-50)26-51-20-22-52(23-21-51)40-13-8-33(25-37(40)44)48-38-11-14-41(54)49-42(38)55/h5-10,12-13,24-25,28-30,38,48H,3-4,11,14-23,26-27H2,1-2H3,(H,49,54,55). The van der Waals surface area contributed by atoms with Gasteiger partial charge in [-0.05, 0) is 111 Å². The van der Waals surface area contributed by atoms with E-state index in [1.165, 1.54) is 23.8 Å². The van der Waals surface area contributed by atoms with Gasteiger partial charge in [-0.15, -0.1) is 13.2 Å². The van der Waals surface area contributed by atoms with Gasteiger partial charge in [0.25, 0.3) is 0 Å². The Kier molecular flexibility index (Phi) is 12.2. The molecule has 0 radical (unpaired) electrons. The molecule has 1 aromatic heterocycles. The van der Waals surface area contributed by atoms with Crippen LogP contribution in [0.1, 0.15) is 57.9 Å². The lowest BCUT2D eigenvalue weighted by atomic mass is 9.95. The molecule has 300 valence electrons. The Balaban J connectivity index is 0.915. The molecule has 3 aliphatic heterocycles. The second kappa shape index (κ2) is 17.3. The second-order valence-corrected chi connectivity index (χ2v) is 16.0. The summed E-state index contributed by atoms with van der Waals surface area (Å²) in [5.41, 5.74) is 5.29. The van der Waals surface area contributed by atoms with Crippen LogP contribution >= 0.6 is 0 Å². The molecule has 0 spiro atoms. The van der Waals surface area contributed by atoms with Crippen LogP contribution in [-0.4, -0.2) is 84.4 Å². The number of hydrogen-bond donors (Lipinski definition) is 2. The van der Waals surface area contributed by atoms with Crippen LogP contribution in [0.25, 0.3) is 22.0 Å². The molecule has 4 heterocycles. The molecule has 3 fully saturated rings. The average Bonchev–Trinajstić information content (AvgIpc) is 3.51. The van der Waals surface area contributed by atoms with Crippen LogP contribution in [0, 0.1) is 17.7 Å². The Morgan fingerprint density at radius 2 is 1.64 bits per heavy atom. The average molecular weight is 777 g/mol. The lowest BCUT2D eigenvalue weighted by Gasteiger charge is -2.39. The number of halogens is 4. The molecule has 1 atom stereocenters. The highest BCUT2D eigenvalue weighted by molar-refractivity contribution is 6.01. The van der Waals surface area contributed by atoms with Crippen molar-refractivity contribution in [3.05, 3.63) is 78.2 Å². The SMILES string of the molecule is CC(C)CCCn1cc(-c2ccc(OC(F)(F)F)cc2)c2cc(CN3CCC(CN4CCN(c5ccc(NC6CCC(=O)NC6=O)cc5F)CC4)CC3)ccc21. The minimum absolute atomic E-state index is 0.228. The third-order valence-electron chi connectivity index (χ3n) is 11.4. The number of rotatable bonds is 13. The van der Waals surface area contributed by atoms with Crippen molar-refractivity contribution in [1.29, 1.82) is 0 Å². The fourth-order valence-corrected chi connectivity index (χ4v) is 8.37. The number of aryl methyl sites for hydroxylation is 1. The molecule has 0 aliphatic carbocycles. The second-order valence-electron chi connectivity index (χ2n) is 16.0. The molecule has 0 saturated carbocycles. The van der Waals surface area contributed by atoms with Crippen molar-refractivity contribution in [2.24, 2.45) is 11.8 Å². The highest BCUT2D eigenvalue weighted by Crippen LogP contribution is 2.35. The first kappa shape index (κ1) is 39.6. The third-order valence-corrected chi connectivity index (χ3v) is 11.4. The van der Waals surface area contributed by atoms with Gasteiger partial charge in [0.2, 0.25) is 11.8 Å². The zero-order valence-electron chi connectivity index (χ0n) is 32.2. The Morgan fingerprint density at radius 3 is 2.32 bits per heavy atom. The van der Waals surface area contributed by atoms with E-state index < -0.39 is 12.4 Å². The van der Waals surface area contributed by atoms with E-state index in [1.807, 2.05) is 0 Å². The molecule has 3 aromatic carbocycles. The number of nitrogens with one attached hydrogen (secondary N) is 2. The lowest BCUT2D eigenvalue weighted by molar-refractivity contribution is -0.274. The molecular formula is C43H52F4N6O3. The maximum atomic E-state index is 15.2. The summed E-state index contributed by atoms with van der Waals surface area (Å²) in [5, 5.41) is 6.48. The number of carbonyl (C=O) groups excluding carboxylic acids is 2. The fraction of sp³-hybridized carbons (Fsp3) is 0.488. The minimum atomic E-state index is -4.73. The first-order valence-electron chi connectivity index (χ1n) is 19.9. The number of likely N-dealkylation sites (tertiary alicyclic amines) is 1. The Bertz CT molecular complexity index is 1980. The van der Waals surface area contributed by atoms with Crippen molar-refractivity contribution in [2.75, 3.05) is 56.0 Å². The summed E-state index contributed by atoms with van der Waals surface area (Å²) in [4.78, 5) is 30.6. The van der Waals surface area contributed by atoms with Gasteiger partial charge in [0.1, 0.15) is 17.6 Å². The zero-order valence-corrected chi connectivity index (χ0v) is 32.2. The number of piperidine rings is 2. The quantitative estimate of drug-likeness (QED) is 0.105. The first-order chi connectivity index (χ1) is 26.9. The summed E-state index contributed by atoms with van der Waals surface area (Å²) in [6, 6.07) is 17.3. The Hall–Kier alpha value is -4.62. The number of fused-ring (bicyclic) bond motifs is 1. The molecule has 3 aliphatic rings. The van der Waals surface area contributed by atoms with E-state index >= 15 is 4.39 Å². The molecule has 1 unspecified atom stereocenters. The topological polar surface area (TPSA) is 82.1 Å². The third kappa shape index (κ3) is 10.0. The largest absolute Gasteiger partial charge is 0.573 e. The van der Waals surface area contributed by atoms with Gasteiger partial charge in [0.05, 0.1) is 5.69 Å². The van der Waals surface area contributed by atoms with E-state index in [0.29, 0.717) is 29.6 Å². The summed E-state index contributed by atoms with van der Waals surface area (Å²) >= 11 is 0. The highest BCUT2D eigenvalue weighted by atomic mass is 19.4. The minimum Gasteiger partial charge on any atom is -0.406 e. The smallest absolute Gasteiger partial charge is 0.406 e. The lowest BCUT2D eigenvalue weighted by Crippen LogP contribution is -2.49. The summed E-state index contributed by atoms with van der Waals surface area (Å²) in [6.45, 7) is 12.4. The van der Waals surface area contributed by atoms with Gasteiger partial charge in [0, 0.05) is 80.6 Å². The van der Waals surface area contributed by atoms with Crippen molar-refractivity contribution in [3.8, 4) is 16.9 Å². The number of imide groups is 1. The maximum Gasteiger partial charge on any atom is 0.573 e. The molecule has 9 nitrogen and oxygen atoms in total. The van der Waals surface area contributed by atoms with Crippen molar-refractivity contribution in [1.82, 2.24) is 19.7 Å². The number of ether oxygens (including phenoxy) is 1. The van der Waals surface area contributed by atoms with E-state index in [1.54, 1.807) is 24.3 Å². The molecule has 13 heteroatoms. The molecule has 2 amide bonds. The molecule has 0 bridgehead atoms. The Labute approximate surface area is 326 Å². The van der Waals surface area contributed by atoms with Crippen molar-refractivity contribution < 1.29 is 31.9 Å². The van der Waals surface area contributed by atoms with Gasteiger partial charge in [0.15, 0.2) is 0 Å². The van der Waals surface area contributed by atoms with Crippen molar-refractivity contribution in [2.45, 2.75) is 77.9 Å². The molecule has 56 heavy (non-hydrogen) atoms. The van der Waals surface area contributed by atoms with Crippen molar-refractivity contribution >= 4 is 34.1 Å². The summed E-state index contributed by atoms with van der Waals surface area (Å²) in [7, 11) is 0. The van der Waals surface area contributed by atoms with E-state index in [4.69, 9.17) is 0 Å². The number of amides is 2. The van der Waals surface area contributed by atoms with Gasteiger partial charge in [-0.25, -0.2) is 4.39 Å². The van der Waals surface area contributed by atoms with Crippen LogP contribution < -0.4 is 20.3 Å². The molecule has 7 rings (SSSR count). The molecule has 3 saturated heterocycles. The number of aromatic nitrogens is 1. The van der Waals surface area contributed by atoms with Gasteiger partial charge in [-0.2, -0.15) is 0 Å². The maximum absolute atomic E-state index is 15.2. The van der Waals surface area contributed by atoms with Crippen LogP contribution in [0.2, 0.25) is 0 Å². The molecule has 2 N–H and O–H groups in total. The Morgan fingerprint density at radius 1 is 0.893 bits per heavy atom. The number of hydrogen-bond acceptors (Lipinski definition) is 7. The van der Waals surface area contributed by atoms with Gasteiger partial charge in [-0.1, -0.05) is 32.0 Å². The highest BCUT2D eigenvalue weighted by Gasteiger charge is 2.31. The predicted molar refractivity (Wildman–Crippen MR) is 211 cm³/mol. The van der Waals surface area contributed by atoms with Gasteiger partial charge >= 0.3 is 6.36 Å². The number of nitrogens with zero attached hydrogens (tertiary/aromatic N) is 4. The van der Waals surface area contributed by atoms with E-state index in [2.05, 4.69) is 72.9 Å². The first-order valence-corrected chi connectivity index (χ1v) is 19.9. The summed E-state index contributed by atoms with van der Waals surface area (Å²) < 4.78 is 60.0.